The van der Waals surface area contributed by atoms with Crippen molar-refractivity contribution in [2.75, 3.05) is 13.7 Å². The first-order valence-electron chi connectivity index (χ1n) is 11.6. The highest BCUT2D eigenvalue weighted by atomic mass is 32.2. The van der Waals surface area contributed by atoms with Gasteiger partial charge in [-0.2, -0.15) is 5.26 Å². The standard InChI is InChI=1S/C28H23N3O5S2/c1-17-21(15-29)25(33)31(16-19-6-4-3-5-7-19)27(35)24(17)22(32)12-13-30-26(34)23(38-28(30)37)14-18-8-10-20(36-2)11-9-18/h3-11,14,35H,12-13,16H2,1-2H3/b23-14-. The molecule has 1 aliphatic heterocycles. The summed E-state index contributed by atoms with van der Waals surface area (Å²) in [5, 5.41) is 20.5. The summed E-state index contributed by atoms with van der Waals surface area (Å²) >= 11 is 6.52. The van der Waals surface area contributed by atoms with Crippen LogP contribution in [-0.2, 0) is 11.3 Å². The number of amides is 1. The summed E-state index contributed by atoms with van der Waals surface area (Å²) in [5.41, 5.74) is 0.619. The van der Waals surface area contributed by atoms with Crippen molar-refractivity contribution in [3.05, 3.63) is 97.7 Å². The zero-order valence-corrected chi connectivity index (χ0v) is 22.3. The fourth-order valence-electron chi connectivity index (χ4n) is 4.08. The zero-order valence-electron chi connectivity index (χ0n) is 20.6. The van der Waals surface area contributed by atoms with E-state index >= 15 is 0 Å². The molecule has 2 heterocycles. The van der Waals surface area contributed by atoms with Crippen LogP contribution in [-0.4, -0.2) is 44.2 Å². The number of nitriles is 1. The fourth-order valence-corrected chi connectivity index (χ4v) is 5.39. The first-order chi connectivity index (χ1) is 18.2. The Morgan fingerprint density at radius 1 is 1.16 bits per heavy atom. The molecule has 8 nitrogen and oxygen atoms in total. The lowest BCUT2D eigenvalue weighted by Gasteiger charge is -2.17. The molecule has 38 heavy (non-hydrogen) atoms. The number of aromatic hydroxyl groups is 1. The third-order valence-electron chi connectivity index (χ3n) is 6.11. The van der Waals surface area contributed by atoms with Crippen LogP contribution in [0, 0.1) is 18.3 Å². The Hall–Kier alpha value is -4.20. The van der Waals surface area contributed by atoms with E-state index in [1.54, 1.807) is 49.6 Å². The zero-order chi connectivity index (χ0) is 27.4. The molecule has 1 amide bonds. The predicted molar refractivity (Wildman–Crippen MR) is 149 cm³/mol. The maximum atomic E-state index is 13.3. The van der Waals surface area contributed by atoms with Gasteiger partial charge in [-0.3, -0.25) is 23.9 Å². The minimum absolute atomic E-state index is 0.00833. The molecule has 10 heteroatoms. The number of ketones is 1. The van der Waals surface area contributed by atoms with Crippen molar-refractivity contribution in [3.8, 4) is 17.7 Å². The number of pyridine rings is 1. The first kappa shape index (κ1) is 26.9. The average molecular weight is 546 g/mol. The number of hydrogen-bond acceptors (Lipinski definition) is 8. The highest BCUT2D eigenvalue weighted by molar-refractivity contribution is 8.26. The van der Waals surface area contributed by atoms with Gasteiger partial charge in [0.05, 0.1) is 24.1 Å². The predicted octanol–water partition coefficient (Wildman–Crippen LogP) is 4.27. The molecule has 0 atom stereocenters. The van der Waals surface area contributed by atoms with Crippen molar-refractivity contribution >= 4 is 46.1 Å². The molecule has 1 saturated heterocycles. The van der Waals surface area contributed by atoms with Crippen molar-refractivity contribution < 1.29 is 19.4 Å². The summed E-state index contributed by atoms with van der Waals surface area (Å²) in [5.74, 6) is -0.644. The molecular formula is C28H23N3O5S2. The van der Waals surface area contributed by atoms with Crippen LogP contribution < -0.4 is 10.3 Å². The molecule has 2 aromatic carbocycles. The van der Waals surface area contributed by atoms with Gasteiger partial charge < -0.3 is 9.84 Å². The second-order valence-electron chi connectivity index (χ2n) is 8.47. The molecule has 0 bridgehead atoms. The van der Waals surface area contributed by atoms with Crippen LogP contribution in [0.15, 0.2) is 64.3 Å². The van der Waals surface area contributed by atoms with Crippen LogP contribution in [0.25, 0.3) is 6.08 Å². The molecule has 192 valence electrons. The Kier molecular flexibility index (Phi) is 8.10. The van der Waals surface area contributed by atoms with Gasteiger partial charge in [-0.15, -0.1) is 0 Å². The van der Waals surface area contributed by atoms with Gasteiger partial charge in [0.2, 0.25) is 5.88 Å². The molecule has 0 aliphatic carbocycles. The normalized spacial score (nSPS) is 14.1. The summed E-state index contributed by atoms with van der Waals surface area (Å²) in [7, 11) is 1.57. The monoisotopic (exact) mass is 545 g/mol. The molecule has 1 N–H and O–H groups in total. The van der Waals surface area contributed by atoms with E-state index in [0.717, 1.165) is 27.5 Å². The molecule has 4 rings (SSSR count). The lowest BCUT2D eigenvalue weighted by molar-refractivity contribution is -0.122. The first-order valence-corrected chi connectivity index (χ1v) is 12.8. The third kappa shape index (κ3) is 5.39. The molecule has 3 aromatic rings. The number of ether oxygens (including phenoxy) is 1. The van der Waals surface area contributed by atoms with Gasteiger partial charge in [0.1, 0.15) is 21.7 Å². The Morgan fingerprint density at radius 3 is 2.47 bits per heavy atom. The van der Waals surface area contributed by atoms with Gasteiger partial charge in [-0.1, -0.05) is 66.4 Å². The number of thiocarbonyl (C=S) groups is 1. The lowest BCUT2D eigenvalue weighted by atomic mass is 9.99. The summed E-state index contributed by atoms with van der Waals surface area (Å²) in [6.07, 6.45) is 1.56. The molecule has 0 saturated carbocycles. The van der Waals surface area contributed by atoms with Gasteiger partial charge in [0.15, 0.2) is 5.78 Å². The Bertz CT molecular complexity index is 1550. The van der Waals surface area contributed by atoms with Crippen molar-refractivity contribution in [1.82, 2.24) is 9.47 Å². The van der Waals surface area contributed by atoms with Crippen LogP contribution in [0.4, 0.5) is 0 Å². The summed E-state index contributed by atoms with van der Waals surface area (Å²) < 4.78 is 6.49. The van der Waals surface area contributed by atoms with Gasteiger partial charge >= 0.3 is 0 Å². The van der Waals surface area contributed by atoms with Crippen LogP contribution in [0.5, 0.6) is 11.6 Å². The van der Waals surface area contributed by atoms with E-state index in [1.165, 1.54) is 11.8 Å². The number of thioether (sulfide) groups is 1. The number of nitrogens with zero attached hydrogens (tertiary/aromatic N) is 3. The van der Waals surface area contributed by atoms with Crippen LogP contribution in [0.3, 0.4) is 0 Å². The minimum atomic E-state index is -0.677. The van der Waals surface area contributed by atoms with Crippen LogP contribution in [0.1, 0.15) is 39.0 Å². The topological polar surface area (TPSA) is 113 Å². The largest absolute Gasteiger partial charge is 0.497 e. The van der Waals surface area contributed by atoms with Crippen molar-refractivity contribution in [1.29, 1.82) is 5.26 Å². The number of aromatic nitrogens is 1. The van der Waals surface area contributed by atoms with Gasteiger partial charge in [0, 0.05) is 13.0 Å². The summed E-state index contributed by atoms with van der Waals surface area (Å²) in [6, 6.07) is 18.0. The van der Waals surface area contributed by atoms with E-state index in [-0.39, 0.29) is 42.1 Å². The van der Waals surface area contributed by atoms with Gasteiger partial charge in [0.25, 0.3) is 11.5 Å². The molecule has 0 unspecified atom stereocenters. The number of rotatable bonds is 8. The van der Waals surface area contributed by atoms with E-state index < -0.39 is 17.2 Å². The minimum Gasteiger partial charge on any atom is -0.497 e. The van der Waals surface area contributed by atoms with E-state index in [4.69, 9.17) is 17.0 Å². The van der Waals surface area contributed by atoms with Crippen LogP contribution in [0.2, 0.25) is 0 Å². The summed E-state index contributed by atoms with van der Waals surface area (Å²) in [6.45, 7) is 1.44. The highest BCUT2D eigenvalue weighted by Crippen LogP contribution is 2.33. The second kappa shape index (κ2) is 11.5. The second-order valence-corrected chi connectivity index (χ2v) is 10.1. The Morgan fingerprint density at radius 2 is 1.84 bits per heavy atom. The molecule has 1 fully saturated rings. The Balaban J connectivity index is 1.56. The highest BCUT2D eigenvalue weighted by Gasteiger charge is 2.33. The maximum absolute atomic E-state index is 13.3. The number of benzene rings is 2. The molecule has 1 aliphatic rings. The number of carbonyl (C=O) groups excluding carboxylic acids is 2. The van der Waals surface area contributed by atoms with Crippen LogP contribution >= 0.6 is 24.0 Å². The molecule has 1 aromatic heterocycles. The average Bonchev–Trinajstić information content (AvgIpc) is 3.18. The van der Waals surface area contributed by atoms with E-state index in [2.05, 4.69) is 0 Å². The number of methoxy groups -OCH3 is 1. The quantitative estimate of drug-likeness (QED) is 0.254. The van der Waals surface area contributed by atoms with Crippen molar-refractivity contribution in [3.63, 3.8) is 0 Å². The number of carbonyl (C=O) groups is 2. The van der Waals surface area contributed by atoms with Crippen molar-refractivity contribution in [2.24, 2.45) is 0 Å². The van der Waals surface area contributed by atoms with E-state index in [9.17, 15) is 24.8 Å². The Labute approximate surface area is 228 Å². The molecule has 0 radical (unpaired) electrons. The van der Waals surface area contributed by atoms with E-state index in [0.29, 0.717) is 15.0 Å². The SMILES string of the molecule is COc1ccc(/C=C2\SC(=S)N(CCC(=O)c3c(C)c(C#N)c(=O)n(Cc4ccccc4)c3O)C2=O)cc1. The fraction of sp³-hybridized carbons (Fsp3) is 0.179. The van der Waals surface area contributed by atoms with Gasteiger partial charge in [-0.25, -0.2) is 0 Å². The van der Waals surface area contributed by atoms with Gasteiger partial charge in [-0.05, 0) is 41.8 Å². The molecule has 0 spiro atoms. The van der Waals surface area contributed by atoms with E-state index in [1.807, 2.05) is 24.3 Å². The summed E-state index contributed by atoms with van der Waals surface area (Å²) in [4.78, 5) is 40.9. The lowest BCUT2D eigenvalue weighted by Crippen LogP contribution is -2.31. The number of Topliss-reactive ketones (excluding diaryl/α,β-unsaturated/α-hetero) is 1. The molecular weight excluding hydrogens is 522 g/mol. The van der Waals surface area contributed by atoms with Crippen molar-refractivity contribution in [2.45, 2.75) is 19.9 Å². The maximum Gasteiger partial charge on any atom is 0.271 e. The third-order valence-corrected chi connectivity index (χ3v) is 7.49. The smallest absolute Gasteiger partial charge is 0.271 e. The number of hydrogen-bond donors (Lipinski definition) is 1.